The summed E-state index contributed by atoms with van der Waals surface area (Å²) in [6.45, 7) is 1.09. The van der Waals surface area contributed by atoms with Crippen LogP contribution < -0.4 is 10.6 Å². The van der Waals surface area contributed by atoms with Crippen LogP contribution in [0.2, 0.25) is 0 Å². The highest BCUT2D eigenvalue weighted by atomic mass is 16.2. The quantitative estimate of drug-likeness (QED) is 0.340. The van der Waals surface area contributed by atoms with Crippen molar-refractivity contribution in [2.24, 2.45) is 5.92 Å². The fourth-order valence-corrected chi connectivity index (χ4v) is 5.74. The first kappa shape index (κ1) is 30.0. The maximum atomic E-state index is 13.1. The molecule has 1 saturated carbocycles. The average molecular weight is 581 g/mol. The van der Waals surface area contributed by atoms with Crippen molar-refractivity contribution >= 4 is 35.0 Å². The van der Waals surface area contributed by atoms with Gasteiger partial charge in [-0.2, -0.15) is 0 Å². The third kappa shape index (κ3) is 8.09. The Balaban J connectivity index is 1.12. The van der Waals surface area contributed by atoms with Gasteiger partial charge in [-0.3, -0.25) is 19.2 Å². The highest BCUT2D eigenvalue weighted by Gasteiger charge is 2.29. The van der Waals surface area contributed by atoms with Gasteiger partial charge in [0.1, 0.15) is 0 Å². The Labute approximate surface area is 253 Å². The van der Waals surface area contributed by atoms with Crippen molar-refractivity contribution in [1.82, 2.24) is 9.80 Å². The second-order valence-corrected chi connectivity index (χ2v) is 11.7. The van der Waals surface area contributed by atoms with E-state index in [2.05, 4.69) is 10.6 Å². The van der Waals surface area contributed by atoms with Gasteiger partial charge in [0, 0.05) is 49.5 Å². The molecule has 0 aromatic heterocycles. The van der Waals surface area contributed by atoms with E-state index in [0.717, 1.165) is 43.2 Å². The van der Waals surface area contributed by atoms with Crippen LogP contribution in [-0.4, -0.2) is 59.6 Å². The molecule has 1 aliphatic carbocycles. The van der Waals surface area contributed by atoms with Crippen molar-refractivity contribution in [1.29, 1.82) is 0 Å². The lowest BCUT2D eigenvalue weighted by molar-refractivity contribution is -0.134. The number of carbonyl (C=O) groups excluding carboxylic acids is 4. The molecule has 1 aliphatic heterocycles. The number of aryl methyl sites for hydroxylation is 1. The number of carbonyl (C=O) groups is 4. The smallest absolute Gasteiger partial charge is 0.253 e. The molecule has 8 nitrogen and oxygen atoms in total. The lowest BCUT2D eigenvalue weighted by Gasteiger charge is -2.34. The second-order valence-electron chi connectivity index (χ2n) is 11.7. The van der Waals surface area contributed by atoms with E-state index in [9.17, 15) is 19.2 Å². The molecule has 1 unspecified atom stereocenters. The number of likely N-dealkylation sites (tertiary alicyclic amines) is 1. The molecule has 0 bridgehead atoms. The summed E-state index contributed by atoms with van der Waals surface area (Å²) in [6, 6.07) is 24.5. The Morgan fingerprint density at radius 3 is 2.28 bits per heavy atom. The zero-order chi connectivity index (χ0) is 30.2. The van der Waals surface area contributed by atoms with Gasteiger partial charge in [0.2, 0.25) is 17.7 Å². The van der Waals surface area contributed by atoms with Crippen LogP contribution in [0.3, 0.4) is 0 Å². The molecular formula is C35H40N4O4. The summed E-state index contributed by atoms with van der Waals surface area (Å²) in [5.74, 6) is -0.566. The summed E-state index contributed by atoms with van der Waals surface area (Å²) in [4.78, 5) is 55.3. The van der Waals surface area contributed by atoms with Gasteiger partial charge in [0.25, 0.3) is 5.91 Å². The van der Waals surface area contributed by atoms with Crippen LogP contribution >= 0.6 is 0 Å². The lowest BCUT2D eigenvalue weighted by Crippen LogP contribution is -2.43. The van der Waals surface area contributed by atoms with Crippen LogP contribution in [-0.2, 0) is 27.2 Å². The number of rotatable bonds is 10. The minimum atomic E-state index is -0.278. The zero-order valence-electron chi connectivity index (χ0n) is 24.8. The van der Waals surface area contributed by atoms with E-state index in [1.165, 1.54) is 0 Å². The van der Waals surface area contributed by atoms with Gasteiger partial charge in [-0.1, -0.05) is 48.5 Å². The van der Waals surface area contributed by atoms with E-state index in [1.54, 1.807) is 41.3 Å². The molecule has 8 heteroatoms. The van der Waals surface area contributed by atoms with Crippen molar-refractivity contribution in [2.75, 3.05) is 30.8 Å². The number of nitrogens with one attached hydrogen (secondary N) is 2. The Hall–Kier alpha value is -4.46. The molecule has 5 rings (SSSR count). The molecule has 2 fully saturated rings. The molecule has 3 aromatic carbocycles. The number of piperidine rings is 1. The van der Waals surface area contributed by atoms with Crippen LogP contribution in [0.25, 0.3) is 0 Å². The van der Waals surface area contributed by atoms with Crippen LogP contribution in [0.1, 0.15) is 60.0 Å². The number of hydrogen-bond acceptors (Lipinski definition) is 4. The maximum Gasteiger partial charge on any atom is 0.253 e. The van der Waals surface area contributed by atoms with Crippen molar-refractivity contribution in [3.8, 4) is 0 Å². The summed E-state index contributed by atoms with van der Waals surface area (Å²) >= 11 is 0. The van der Waals surface area contributed by atoms with E-state index < -0.39 is 0 Å². The summed E-state index contributed by atoms with van der Waals surface area (Å²) in [5, 5.41) is 5.89. The summed E-state index contributed by atoms with van der Waals surface area (Å²) in [6.07, 6.45) is 5.98. The number of hydrogen-bond donors (Lipinski definition) is 2. The third-order valence-corrected chi connectivity index (χ3v) is 8.51. The molecule has 0 spiro atoms. The first-order chi connectivity index (χ1) is 20.9. The summed E-state index contributed by atoms with van der Waals surface area (Å²) in [7, 11) is 1.83. The molecule has 1 atom stereocenters. The molecule has 2 aliphatic rings. The molecule has 0 radical (unpaired) electrons. The number of benzene rings is 3. The number of nitrogens with zero attached hydrogens (tertiary/aromatic N) is 2. The molecule has 2 N–H and O–H groups in total. The van der Waals surface area contributed by atoms with Gasteiger partial charge in [-0.15, -0.1) is 0 Å². The summed E-state index contributed by atoms with van der Waals surface area (Å²) in [5.41, 5.74) is 3.63. The molecule has 4 amide bonds. The normalized spacial score (nSPS) is 16.6. The fraction of sp³-hybridized carbons (Fsp3) is 0.371. The first-order valence-electron chi connectivity index (χ1n) is 15.2. The molecular weight excluding hydrogens is 540 g/mol. The molecule has 43 heavy (non-hydrogen) atoms. The van der Waals surface area contributed by atoms with E-state index >= 15 is 0 Å². The second kappa shape index (κ2) is 14.1. The highest BCUT2D eigenvalue weighted by molar-refractivity contribution is 5.98. The number of anilines is 2. The predicted octanol–water partition coefficient (Wildman–Crippen LogP) is 5.30. The van der Waals surface area contributed by atoms with E-state index in [0.29, 0.717) is 48.9 Å². The fourth-order valence-electron chi connectivity index (χ4n) is 5.74. The first-order valence-corrected chi connectivity index (χ1v) is 15.2. The molecule has 1 heterocycles. The summed E-state index contributed by atoms with van der Waals surface area (Å²) < 4.78 is 0. The monoisotopic (exact) mass is 580 g/mol. The van der Waals surface area contributed by atoms with Crippen LogP contribution in [0.15, 0.2) is 78.9 Å². The van der Waals surface area contributed by atoms with E-state index in [-0.39, 0.29) is 36.0 Å². The molecule has 224 valence electrons. The minimum absolute atomic E-state index is 0.0399. The SMILES string of the molecule is CN(C(=O)c1cccc(NC(=O)Cc2cccc(NC(=O)C3CCCN(C(=O)CCc4ccccc4)C3)c2)c1)C1CCC1. The molecule has 1 saturated heterocycles. The van der Waals surface area contributed by atoms with Gasteiger partial charge in [0.15, 0.2) is 0 Å². The van der Waals surface area contributed by atoms with Crippen LogP contribution in [0, 0.1) is 5.92 Å². The number of amides is 4. The Morgan fingerprint density at radius 2 is 1.53 bits per heavy atom. The van der Waals surface area contributed by atoms with Crippen molar-refractivity contribution in [3.63, 3.8) is 0 Å². The van der Waals surface area contributed by atoms with Gasteiger partial charge in [-0.25, -0.2) is 0 Å². The predicted molar refractivity (Wildman–Crippen MR) is 168 cm³/mol. The molecule has 3 aromatic rings. The average Bonchev–Trinajstić information content (AvgIpc) is 2.99. The topological polar surface area (TPSA) is 98.8 Å². The Bertz CT molecular complexity index is 1450. The van der Waals surface area contributed by atoms with Gasteiger partial charge >= 0.3 is 0 Å². The van der Waals surface area contributed by atoms with Gasteiger partial charge in [-0.05, 0) is 80.0 Å². The Morgan fingerprint density at radius 1 is 0.814 bits per heavy atom. The van der Waals surface area contributed by atoms with Crippen molar-refractivity contribution < 1.29 is 19.2 Å². The van der Waals surface area contributed by atoms with Crippen LogP contribution in [0.5, 0.6) is 0 Å². The zero-order valence-corrected chi connectivity index (χ0v) is 24.8. The standard InChI is InChI=1S/C35H40N4O4/c1-38(31-16-7-17-31)35(43)27-12-6-15-30(23-27)36-32(40)22-26-11-5-14-29(21-26)37-34(42)28-13-8-20-39(24-28)33(41)19-18-25-9-3-2-4-10-25/h2-6,9-12,14-15,21,23,28,31H,7-8,13,16-20,22,24H2,1H3,(H,36,40)(H,37,42). The van der Waals surface area contributed by atoms with Gasteiger partial charge < -0.3 is 20.4 Å². The van der Waals surface area contributed by atoms with Crippen molar-refractivity contribution in [3.05, 3.63) is 95.6 Å². The van der Waals surface area contributed by atoms with E-state index in [4.69, 9.17) is 0 Å². The maximum absolute atomic E-state index is 13.1. The lowest BCUT2D eigenvalue weighted by atomic mass is 9.91. The minimum Gasteiger partial charge on any atom is -0.342 e. The van der Waals surface area contributed by atoms with Gasteiger partial charge in [0.05, 0.1) is 12.3 Å². The Kier molecular flexibility index (Phi) is 9.87. The third-order valence-electron chi connectivity index (χ3n) is 8.51. The van der Waals surface area contributed by atoms with Crippen LogP contribution in [0.4, 0.5) is 11.4 Å². The highest BCUT2D eigenvalue weighted by Crippen LogP contribution is 2.25. The van der Waals surface area contributed by atoms with E-state index in [1.807, 2.05) is 54.4 Å². The van der Waals surface area contributed by atoms with Crippen molar-refractivity contribution in [2.45, 2.75) is 57.4 Å². The largest absolute Gasteiger partial charge is 0.342 e.